The third-order valence-corrected chi connectivity index (χ3v) is 4.11. The first-order valence-electron chi connectivity index (χ1n) is 7.07. The molecule has 2 rings (SSSR count). The summed E-state index contributed by atoms with van der Waals surface area (Å²) < 4.78 is 21.5. The largest absolute Gasteiger partial charge is 1.00 e. The summed E-state index contributed by atoms with van der Waals surface area (Å²) in [5.74, 6) is 0.210. The third-order valence-electron chi connectivity index (χ3n) is 3.12. The second-order valence-corrected chi connectivity index (χ2v) is 7.59. The Balaban J connectivity index is 0.00000288. The summed E-state index contributed by atoms with van der Waals surface area (Å²) in [6.45, 7) is 6.15. The van der Waals surface area contributed by atoms with E-state index in [-0.39, 0.29) is 35.8 Å². The van der Waals surface area contributed by atoms with E-state index >= 15 is 0 Å². The molecule has 24 heavy (non-hydrogen) atoms. The number of carbonyl (C=O) groups excluding carboxylic acids is 1. The van der Waals surface area contributed by atoms with Gasteiger partial charge in [0.2, 0.25) is 0 Å². The van der Waals surface area contributed by atoms with Gasteiger partial charge in [-0.1, -0.05) is 51.1 Å². The topological polar surface area (TPSA) is 75.7 Å². The molecule has 2 aromatic carbocycles. The van der Waals surface area contributed by atoms with Gasteiger partial charge in [0.1, 0.15) is 11.5 Å². The van der Waals surface area contributed by atoms with Gasteiger partial charge < -0.3 is 14.2 Å². The van der Waals surface area contributed by atoms with Crippen LogP contribution in [0.4, 0.5) is 4.79 Å². The van der Waals surface area contributed by atoms with Crippen LogP contribution in [0.2, 0.25) is 0 Å². The van der Waals surface area contributed by atoms with Gasteiger partial charge in [-0.15, -0.1) is 0 Å². The van der Waals surface area contributed by atoms with Crippen molar-refractivity contribution in [1.29, 1.82) is 0 Å². The van der Waals surface area contributed by atoms with Gasteiger partial charge in [0, 0.05) is 0 Å². The molecule has 0 amide bonds. The number of carbonyl (C=O) groups is 1. The Morgan fingerprint density at radius 2 is 1.50 bits per heavy atom. The van der Waals surface area contributed by atoms with Crippen molar-refractivity contribution in [3.63, 3.8) is 0 Å². The molecule has 0 aliphatic rings. The van der Waals surface area contributed by atoms with E-state index in [2.05, 4.69) is 0 Å². The van der Waals surface area contributed by atoms with Crippen LogP contribution < -0.4 is 33.0 Å². The number of hydrogen-bond donors (Lipinski definition) is 0. The van der Waals surface area contributed by atoms with E-state index in [1.165, 1.54) is 12.1 Å². The molecule has 0 aromatic heterocycles. The Kier molecular flexibility index (Phi) is 6.89. The molecule has 1 atom stereocenters. The van der Waals surface area contributed by atoms with E-state index in [1.807, 2.05) is 20.8 Å². The van der Waals surface area contributed by atoms with Crippen LogP contribution in [0.5, 0.6) is 11.5 Å². The van der Waals surface area contributed by atoms with Crippen LogP contribution in [0.3, 0.4) is 0 Å². The Bertz CT molecular complexity index is 723. The van der Waals surface area contributed by atoms with Crippen LogP contribution >= 0.6 is 7.60 Å². The van der Waals surface area contributed by atoms with E-state index in [9.17, 15) is 14.3 Å². The molecule has 0 saturated carbocycles. The molecule has 0 heterocycles. The van der Waals surface area contributed by atoms with Crippen molar-refractivity contribution in [1.82, 2.24) is 0 Å². The molecule has 2 aromatic rings. The summed E-state index contributed by atoms with van der Waals surface area (Å²) in [5.41, 5.74) is -0.430. The molecule has 1 unspecified atom stereocenters. The quantitative estimate of drug-likeness (QED) is 0.616. The first-order valence-corrected chi connectivity index (χ1v) is 8.61. The van der Waals surface area contributed by atoms with Gasteiger partial charge in [-0.05, 0) is 35.2 Å². The Labute approximate surface area is 153 Å². The fourth-order valence-electron chi connectivity index (χ4n) is 1.84. The predicted molar refractivity (Wildman–Crippen MR) is 85.8 cm³/mol. The fourth-order valence-corrected chi connectivity index (χ4v) is 2.53. The fraction of sp³-hybridized carbons (Fsp3) is 0.235. The second kappa shape index (κ2) is 8.05. The van der Waals surface area contributed by atoms with Crippen molar-refractivity contribution < 1.29 is 42.4 Å². The average molecular weight is 340 g/mol. The number of rotatable bonds is 4. The maximum Gasteiger partial charge on any atom is 1.00 e. The molecular formula is C17H18LiO5P. The molecule has 0 aliphatic carbocycles. The Morgan fingerprint density at radius 3 is 2.00 bits per heavy atom. The SMILES string of the molecule is CC(C)(C)c1ccc(OC(=O)P(=O)([O-])Oc2ccccc2)cc1.[Li+]. The van der Waals surface area contributed by atoms with E-state index in [4.69, 9.17) is 9.26 Å². The maximum atomic E-state index is 11.9. The van der Waals surface area contributed by atoms with Crippen LogP contribution in [0.1, 0.15) is 26.3 Å². The van der Waals surface area contributed by atoms with Crippen molar-refractivity contribution in [2.45, 2.75) is 26.2 Å². The molecule has 0 fully saturated rings. The van der Waals surface area contributed by atoms with Gasteiger partial charge in [0.25, 0.3) is 7.60 Å². The van der Waals surface area contributed by atoms with Gasteiger partial charge >= 0.3 is 24.6 Å². The summed E-state index contributed by atoms with van der Waals surface area (Å²) in [6.07, 6.45) is 0. The molecular weight excluding hydrogens is 322 g/mol. The van der Waals surface area contributed by atoms with E-state index in [0.29, 0.717) is 0 Å². The normalized spacial score (nSPS) is 13.3. The predicted octanol–water partition coefficient (Wildman–Crippen LogP) is 1.12. The molecule has 0 saturated heterocycles. The Hall–Kier alpha value is -1.50. The number of hydrogen-bond acceptors (Lipinski definition) is 5. The zero-order chi connectivity index (χ0) is 17.1. The molecule has 0 aliphatic heterocycles. The minimum absolute atomic E-state index is 0. The van der Waals surface area contributed by atoms with Gasteiger partial charge in [-0.25, -0.2) is 4.79 Å². The molecule has 7 heteroatoms. The smallest absolute Gasteiger partial charge is 0.761 e. The molecule has 0 radical (unpaired) electrons. The number of benzene rings is 2. The van der Waals surface area contributed by atoms with Crippen molar-refractivity contribution in [2.75, 3.05) is 0 Å². The van der Waals surface area contributed by atoms with Crippen molar-refractivity contribution in [2.24, 2.45) is 0 Å². The van der Waals surface area contributed by atoms with Crippen LogP contribution in [-0.4, -0.2) is 5.71 Å². The maximum absolute atomic E-state index is 11.9. The minimum atomic E-state index is -4.83. The number of para-hydroxylation sites is 1. The van der Waals surface area contributed by atoms with Gasteiger partial charge in [-0.2, -0.15) is 0 Å². The van der Waals surface area contributed by atoms with Crippen LogP contribution in [0.25, 0.3) is 0 Å². The monoisotopic (exact) mass is 340 g/mol. The first kappa shape index (κ1) is 20.5. The van der Waals surface area contributed by atoms with Crippen molar-refractivity contribution in [3.05, 3.63) is 60.2 Å². The van der Waals surface area contributed by atoms with Crippen LogP contribution in [0.15, 0.2) is 54.6 Å². The van der Waals surface area contributed by atoms with Crippen LogP contribution in [-0.2, 0) is 9.98 Å². The summed E-state index contributed by atoms with van der Waals surface area (Å²) in [4.78, 5) is 23.7. The Morgan fingerprint density at radius 1 is 0.958 bits per heavy atom. The molecule has 5 nitrogen and oxygen atoms in total. The van der Waals surface area contributed by atoms with Gasteiger partial charge in [0.05, 0.1) is 0 Å². The van der Waals surface area contributed by atoms with Crippen molar-refractivity contribution in [3.8, 4) is 11.5 Å². The first-order chi connectivity index (χ1) is 10.7. The summed E-state index contributed by atoms with van der Waals surface area (Å²) in [5, 5.41) is 0. The van der Waals surface area contributed by atoms with E-state index in [0.717, 1.165) is 5.56 Å². The summed E-state index contributed by atoms with van der Waals surface area (Å²) >= 11 is 0. The zero-order valence-electron chi connectivity index (χ0n) is 14.2. The molecule has 122 valence electrons. The summed E-state index contributed by atoms with van der Waals surface area (Å²) in [7, 11) is -4.83. The van der Waals surface area contributed by atoms with E-state index < -0.39 is 13.3 Å². The molecule has 0 N–H and O–H groups in total. The zero-order valence-corrected chi connectivity index (χ0v) is 15.1. The molecule has 0 bridgehead atoms. The summed E-state index contributed by atoms with van der Waals surface area (Å²) in [6, 6.07) is 14.5. The van der Waals surface area contributed by atoms with Gasteiger partial charge in [-0.3, -0.25) is 4.57 Å². The standard InChI is InChI=1S/C17H19O5P.Li/c1-17(2,3)13-9-11-14(12-10-13)21-16(18)23(19,20)22-15-7-5-4-6-8-15;/h4-12H,1-3H3,(H,19,20);/q;+1/p-1. The third kappa shape index (κ3) is 5.54. The van der Waals surface area contributed by atoms with Crippen molar-refractivity contribution >= 4 is 13.3 Å². The second-order valence-electron chi connectivity index (χ2n) is 6.04. The van der Waals surface area contributed by atoms with Crippen LogP contribution in [0, 0.1) is 0 Å². The van der Waals surface area contributed by atoms with Gasteiger partial charge in [0.15, 0.2) is 0 Å². The average Bonchev–Trinajstić information content (AvgIpc) is 2.47. The minimum Gasteiger partial charge on any atom is -0.761 e. The molecule has 0 spiro atoms. The van der Waals surface area contributed by atoms with E-state index in [1.54, 1.807) is 42.5 Å². The number of ether oxygens (including phenoxy) is 1.